The molecule has 82 valence electrons. The Bertz CT molecular complexity index is 516. The van der Waals surface area contributed by atoms with E-state index < -0.39 is 0 Å². The molecule has 1 aliphatic rings. The van der Waals surface area contributed by atoms with Crippen molar-refractivity contribution in [1.29, 1.82) is 0 Å². The molecule has 16 heavy (non-hydrogen) atoms. The van der Waals surface area contributed by atoms with Gasteiger partial charge < -0.3 is 9.84 Å². The number of hydrogen-bond acceptors (Lipinski definition) is 3. The molecule has 3 rings (SSSR count). The van der Waals surface area contributed by atoms with E-state index >= 15 is 0 Å². The fourth-order valence-corrected chi connectivity index (χ4v) is 2.17. The van der Waals surface area contributed by atoms with Gasteiger partial charge in [0.25, 0.3) is 0 Å². The van der Waals surface area contributed by atoms with Crippen LogP contribution in [0.5, 0.6) is 0 Å². The molecule has 0 amide bonds. The zero-order valence-corrected chi connectivity index (χ0v) is 9.29. The second-order valence-electron chi connectivity index (χ2n) is 4.23. The fourth-order valence-electron chi connectivity index (χ4n) is 2.17. The summed E-state index contributed by atoms with van der Waals surface area (Å²) in [5.41, 5.74) is 4.69. The van der Waals surface area contributed by atoms with Gasteiger partial charge in [0.1, 0.15) is 5.69 Å². The first-order valence-corrected chi connectivity index (χ1v) is 5.60. The van der Waals surface area contributed by atoms with Crippen LogP contribution in [-0.2, 0) is 13.0 Å². The van der Waals surface area contributed by atoms with E-state index in [0.717, 1.165) is 36.5 Å². The Morgan fingerprint density at radius 2 is 2.31 bits per heavy atom. The largest absolute Gasteiger partial charge is 0.359 e. The van der Waals surface area contributed by atoms with Crippen molar-refractivity contribution in [3.63, 3.8) is 0 Å². The van der Waals surface area contributed by atoms with Crippen LogP contribution in [0.2, 0.25) is 0 Å². The van der Waals surface area contributed by atoms with Crippen molar-refractivity contribution in [2.24, 2.45) is 0 Å². The van der Waals surface area contributed by atoms with Crippen LogP contribution in [0.1, 0.15) is 16.9 Å². The van der Waals surface area contributed by atoms with Gasteiger partial charge in [-0.05, 0) is 26.0 Å². The summed E-state index contributed by atoms with van der Waals surface area (Å²) in [6.07, 6.45) is 1.00. The van der Waals surface area contributed by atoms with Crippen LogP contribution in [0.4, 0.5) is 0 Å². The number of rotatable bonds is 1. The van der Waals surface area contributed by atoms with Crippen molar-refractivity contribution >= 4 is 0 Å². The van der Waals surface area contributed by atoms with Gasteiger partial charge in [-0.1, -0.05) is 28.9 Å². The van der Waals surface area contributed by atoms with Crippen LogP contribution >= 0.6 is 0 Å². The zero-order valence-electron chi connectivity index (χ0n) is 9.29. The van der Waals surface area contributed by atoms with E-state index in [1.807, 2.05) is 0 Å². The average Bonchev–Trinajstić information content (AvgIpc) is 2.72. The van der Waals surface area contributed by atoms with E-state index in [-0.39, 0.29) is 0 Å². The molecule has 0 unspecified atom stereocenters. The summed E-state index contributed by atoms with van der Waals surface area (Å²) in [5.74, 6) is 0.989. The van der Waals surface area contributed by atoms with Gasteiger partial charge in [-0.2, -0.15) is 0 Å². The first-order chi connectivity index (χ1) is 7.84. The zero-order chi connectivity index (χ0) is 11.0. The Labute approximate surface area is 94.5 Å². The maximum atomic E-state index is 5.37. The number of aryl methyl sites for hydroxylation is 1. The number of nitrogens with zero attached hydrogens (tertiary/aromatic N) is 1. The molecule has 1 aromatic heterocycles. The van der Waals surface area contributed by atoms with Gasteiger partial charge in [0, 0.05) is 11.1 Å². The van der Waals surface area contributed by atoms with Gasteiger partial charge in [0.05, 0.1) is 6.54 Å². The van der Waals surface area contributed by atoms with E-state index in [0.29, 0.717) is 0 Å². The van der Waals surface area contributed by atoms with Gasteiger partial charge in [0.15, 0.2) is 5.76 Å². The summed E-state index contributed by atoms with van der Waals surface area (Å²) < 4.78 is 5.37. The Balaban J connectivity index is 2.09. The predicted molar refractivity (Wildman–Crippen MR) is 62.1 cm³/mol. The molecule has 1 aromatic carbocycles. The van der Waals surface area contributed by atoms with Gasteiger partial charge >= 0.3 is 0 Å². The lowest BCUT2D eigenvalue weighted by molar-refractivity contribution is 0.367. The van der Waals surface area contributed by atoms with E-state index in [9.17, 15) is 0 Å². The Morgan fingerprint density at radius 1 is 1.38 bits per heavy atom. The highest BCUT2D eigenvalue weighted by molar-refractivity contribution is 5.64. The highest BCUT2D eigenvalue weighted by atomic mass is 16.5. The van der Waals surface area contributed by atoms with Gasteiger partial charge in [-0.15, -0.1) is 0 Å². The van der Waals surface area contributed by atoms with Gasteiger partial charge in [0.2, 0.25) is 0 Å². The number of fused-ring (bicyclic) bond motifs is 1. The molecule has 0 fully saturated rings. The van der Waals surface area contributed by atoms with Crippen molar-refractivity contribution in [2.75, 3.05) is 6.54 Å². The summed E-state index contributed by atoms with van der Waals surface area (Å²) in [6.45, 7) is 3.90. The third-order valence-electron chi connectivity index (χ3n) is 3.00. The van der Waals surface area contributed by atoms with E-state index in [1.54, 1.807) is 0 Å². The van der Waals surface area contributed by atoms with E-state index in [4.69, 9.17) is 4.52 Å². The highest BCUT2D eigenvalue weighted by Gasteiger charge is 2.19. The van der Waals surface area contributed by atoms with Crippen molar-refractivity contribution in [3.8, 4) is 11.3 Å². The molecular formula is C13H14N2O. The van der Waals surface area contributed by atoms with Gasteiger partial charge in [-0.25, -0.2) is 0 Å². The smallest absolute Gasteiger partial charge is 0.154 e. The van der Waals surface area contributed by atoms with Crippen molar-refractivity contribution in [2.45, 2.75) is 19.9 Å². The molecule has 1 aliphatic heterocycles. The molecule has 0 saturated carbocycles. The van der Waals surface area contributed by atoms with Crippen molar-refractivity contribution in [1.82, 2.24) is 10.5 Å². The van der Waals surface area contributed by atoms with Crippen LogP contribution in [0.25, 0.3) is 11.3 Å². The quantitative estimate of drug-likeness (QED) is 0.791. The fraction of sp³-hybridized carbons (Fsp3) is 0.308. The topological polar surface area (TPSA) is 38.1 Å². The van der Waals surface area contributed by atoms with E-state index in [1.165, 1.54) is 11.1 Å². The van der Waals surface area contributed by atoms with Crippen LogP contribution in [0, 0.1) is 6.92 Å². The highest BCUT2D eigenvalue weighted by Crippen LogP contribution is 2.27. The monoisotopic (exact) mass is 214 g/mol. The molecule has 0 aliphatic carbocycles. The lowest BCUT2D eigenvalue weighted by atomic mass is 10.0. The minimum atomic E-state index is 0.800. The molecule has 3 nitrogen and oxygen atoms in total. The summed E-state index contributed by atoms with van der Waals surface area (Å²) in [6, 6.07) is 8.40. The molecule has 3 heteroatoms. The van der Waals surface area contributed by atoms with Gasteiger partial charge in [-0.3, -0.25) is 0 Å². The molecule has 0 saturated heterocycles. The molecule has 0 bridgehead atoms. The number of nitrogens with one attached hydrogen (secondary N) is 1. The number of benzene rings is 1. The molecule has 0 spiro atoms. The average molecular weight is 214 g/mol. The molecule has 2 heterocycles. The second-order valence-corrected chi connectivity index (χ2v) is 4.23. The van der Waals surface area contributed by atoms with Crippen molar-refractivity contribution in [3.05, 3.63) is 41.2 Å². The molecule has 0 radical (unpaired) electrons. The Morgan fingerprint density at radius 3 is 3.19 bits per heavy atom. The van der Waals surface area contributed by atoms with Crippen molar-refractivity contribution < 1.29 is 4.52 Å². The van der Waals surface area contributed by atoms with Crippen LogP contribution in [-0.4, -0.2) is 11.7 Å². The Hall–Kier alpha value is -1.61. The maximum Gasteiger partial charge on any atom is 0.154 e. The summed E-state index contributed by atoms with van der Waals surface area (Å²) >= 11 is 0. The normalized spacial score (nSPS) is 14.8. The molecular weight excluding hydrogens is 200 g/mol. The summed E-state index contributed by atoms with van der Waals surface area (Å²) in [5, 5.41) is 7.48. The first kappa shape index (κ1) is 9.60. The van der Waals surface area contributed by atoms with Crippen LogP contribution < -0.4 is 5.32 Å². The third kappa shape index (κ3) is 1.53. The number of hydrogen-bond donors (Lipinski definition) is 1. The molecule has 1 N–H and O–H groups in total. The summed E-state index contributed by atoms with van der Waals surface area (Å²) in [7, 11) is 0. The van der Waals surface area contributed by atoms with Crippen LogP contribution in [0.15, 0.2) is 28.8 Å². The minimum Gasteiger partial charge on any atom is -0.359 e. The number of aromatic nitrogens is 1. The predicted octanol–water partition coefficient (Wildman–Crippen LogP) is 2.30. The minimum absolute atomic E-state index is 0.800. The van der Waals surface area contributed by atoms with Crippen LogP contribution in [0.3, 0.4) is 0 Å². The maximum absolute atomic E-state index is 5.37. The SMILES string of the molecule is Cc1cccc(-c2noc3c2CCNC3)c1. The second kappa shape index (κ2) is 3.76. The first-order valence-electron chi connectivity index (χ1n) is 5.60. The lowest BCUT2D eigenvalue weighted by Gasteiger charge is -2.11. The molecule has 0 atom stereocenters. The summed E-state index contributed by atoms with van der Waals surface area (Å²) in [4.78, 5) is 0. The third-order valence-corrected chi connectivity index (χ3v) is 3.00. The molecule has 2 aromatic rings. The standard InChI is InChI=1S/C13H14N2O/c1-9-3-2-4-10(7-9)13-11-5-6-14-8-12(11)16-15-13/h2-4,7,14H,5-6,8H2,1H3. The van der Waals surface area contributed by atoms with E-state index in [2.05, 4.69) is 41.7 Å². The Kier molecular flexibility index (Phi) is 2.26. The lowest BCUT2D eigenvalue weighted by Crippen LogP contribution is -2.22.